The van der Waals surface area contributed by atoms with Crippen molar-refractivity contribution in [1.29, 1.82) is 0 Å². The van der Waals surface area contributed by atoms with Crippen molar-refractivity contribution in [2.45, 2.75) is 50.7 Å². The van der Waals surface area contributed by atoms with Crippen molar-refractivity contribution in [2.24, 2.45) is 0 Å². The number of carbonyl (C=O) groups is 1. The predicted octanol–water partition coefficient (Wildman–Crippen LogP) is 3.92. The summed E-state index contributed by atoms with van der Waals surface area (Å²) >= 11 is 0. The first-order chi connectivity index (χ1) is 15.0. The molecule has 2 N–H and O–H groups in total. The van der Waals surface area contributed by atoms with Crippen LogP contribution in [0.5, 0.6) is 5.75 Å². The van der Waals surface area contributed by atoms with Crippen molar-refractivity contribution in [3.63, 3.8) is 0 Å². The van der Waals surface area contributed by atoms with Crippen LogP contribution < -0.4 is 15.4 Å². The molecule has 8 heteroatoms. The maximum Gasteiger partial charge on any atom is 0.318 e. The van der Waals surface area contributed by atoms with Crippen LogP contribution in [-0.2, 0) is 13.1 Å². The van der Waals surface area contributed by atoms with Gasteiger partial charge in [-0.05, 0) is 49.6 Å². The Bertz CT molecular complexity index is 905. The summed E-state index contributed by atoms with van der Waals surface area (Å²) in [5.41, 5.74) is 1.01. The quantitative estimate of drug-likeness (QED) is 0.696. The van der Waals surface area contributed by atoms with E-state index < -0.39 is 29.9 Å². The van der Waals surface area contributed by atoms with Gasteiger partial charge in [0.15, 0.2) is 0 Å². The van der Waals surface area contributed by atoms with Crippen LogP contribution in [0.25, 0.3) is 0 Å². The van der Waals surface area contributed by atoms with E-state index in [1.807, 2.05) is 24.3 Å². The van der Waals surface area contributed by atoms with E-state index in [-0.39, 0.29) is 25.2 Å². The molecule has 2 amide bonds. The highest BCUT2D eigenvalue weighted by Crippen LogP contribution is 2.27. The van der Waals surface area contributed by atoms with Crippen LogP contribution in [0, 0.1) is 11.6 Å². The zero-order chi connectivity index (χ0) is 21.8. The molecule has 0 radical (unpaired) electrons. The number of hydrogen-bond donors (Lipinski definition) is 2. The zero-order valence-electron chi connectivity index (χ0n) is 17.1. The lowest BCUT2D eigenvalue weighted by Gasteiger charge is -2.37. The molecule has 0 bridgehead atoms. The molecule has 1 saturated carbocycles. The van der Waals surface area contributed by atoms with E-state index in [1.165, 1.54) is 11.0 Å². The van der Waals surface area contributed by atoms with E-state index in [0.29, 0.717) is 19.1 Å². The number of benzene rings is 2. The molecule has 5 nitrogen and oxygen atoms in total. The van der Waals surface area contributed by atoms with Gasteiger partial charge in [-0.1, -0.05) is 18.2 Å². The molecule has 0 unspecified atom stereocenters. The summed E-state index contributed by atoms with van der Waals surface area (Å²) in [7, 11) is 0. The number of piperidine rings is 1. The maximum atomic E-state index is 14.6. The van der Waals surface area contributed by atoms with Crippen molar-refractivity contribution < 1.29 is 22.7 Å². The Kier molecular flexibility index (Phi) is 6.65. The van der Waals surface area contributed by atoms with Crippen molar-refractivity contribution in [3.8, 4) is 5.75 Å². The van der Waals surface area contributed by atoms with Gasteiger partial charge >= 0.3 is 6.03 Å². The van der Waals surface area contributed by atoms with Gasteiger partial charge in [-0.25, -0.2) is 18.0 Å². The number of nitrogens with zero attached hydrogens (tertiary/aromatic N) is 1. The molecule has 1 aliphatic carbocycles. The third kappa shape index (κ3) is 5.70. The Morgan fingerprint density at radius 3 is 2.58 bits per heavy atom. The van der Waals surface area contributed by atoms with E-state index in [2.05, 4.69) is 10.6 Å². The summed E-state index contributed by atoms with van der Waals surface area (Å²) in [6.45, 7) is 0.788. The summed E-state index contributed by atoms with van der Waals surface area (Å²) in [6, 6.07) is 9.45. The molecule has 31 heavy (non-hydrogen) atoms. The number of rotatable bonds is 7. The Hall–Kier alpha value is -2.74. The van der Waals surface area contributed by atoms with E-state index >= 15 is 0 Å². The molecule has 2 fully saturated rings. The van der Waals surface area contributed by atoms with Crippen LogP contribution in [0.1, 0.15) is 30.4 Å². The monoisotopic (exact) mass is 433 g/mol. The maximum absolute atomic E-state index is 14.6. The summed E-state index contributed by atoms with van der Waals surface area (Å²) in [4.78, 5) is 14.3. The minimum atomic E-state index is -1.28. The fraction of sp³-hybridized carbons (Fsp3) is 0.435. The van der Waals surface area contributed by atoms with E-state index in [4.69, 9.17) is 4.74 Å². The normalized spacial score (nSPS) is 20.9. The standard InChI is InChI=1S/C23H26F3N3O2/c24-17-4-3-16(20(25)11-17)14-29(22-9-10-27-13-21(22)26)23(30)28-12-15-1-5-18(6-2-15)31-19-7-8-19/h1-6,11,19,21-22,27H,7-10,12-14H2,(H,28,30)/t21-,22+/m1/s1. The average molecular weight is 433 g/mol. The van der Waals surface area contributed by atoms with Crippen LogP contribution in [-0.4, -0.2) is 42.3 Å². The number of halogens is 3. The number of nitrogens with one attached hydrogen (secondary N) is 2. The van der Waals surface area contributed by atoms with Crippen LogP contribution in [0.3, 0.4) is 0 Å². The van der Waals surface area contributed by atoms with Gasteiger partial charge in [-0.2, -0.15) is 0 Å². The highest BCUT2D eigenvalue weighted by atomic mass is 19.1. The Labute approximate surface area is 179 Å². The molecule has 2 atom stereocenters. The molecule has 1 aliphatic heterocycles. The molecule has 166 valence electrons. The third-order valence-electron chi connectivity index (χ3n) is 5.58. The highest BCUT2D eigenvalue weighted by Gasteiger charge is 2.33. The summed E-state index contributed by atoms with van der Waals surface area (Å²) in [6.07, 6.45) is 1.60. The topological polar surface area (TPSA) is 53.6 Å². The second kappa shape index (κ2) is 9.60. The largest absolute Gasteiger partial charge is 0.490 e. The molecular formula is C23H26F3N3O2. The molecule has 1 saturated heterocycles. The van der Waals surface area contributed by atoms with Gasteiger partial charge in [-0.3, -0.25) is 0 Å². The number of carbonyl (C=O) groups excluding carboxylic acids is 1. The van der Waals surface area contributed by atoms with Gasteiger partial charge in [0, 0.05) is 24.7 Å². The first-order valence-corrected chi connectivity index (χ1v) is 10.6. The lowest BCUT2D eigenvalue weighted by atomic mass is 10.0. The number of amides is 2. The molecule has 2 aromatic rings. The number of urea groups is 1. The third-order valence-corrected chi connectivity index (χ3v) is 5.58. The van der Waals surface area contributed by atoms with Gasteiger partial charge < -0.3 is 20.3 Å². The minimum absolute atomic E-state index is 0.128. The summed E-state index contributed by atoms with van der Waals surface area (Å²) in [5.74, 6) is -0.661. The molecule has 4 rings (SSSR count). The van der Waals surface area contributed by atoms with Crippen LogP contribution in [0.2, 0.25) is 0 Å². The first kappa shape index (κ1) is 21.5. The van der Waals surface area contributed by atoms with Gasteiger partial charge in [0.05, 0.1) is 18.7 Å². The van der Waals surface area contributed by atoms with E-state index in [0.717, 1.165) is 36.3 Å². The molecule has 1 heterocycles. The second-order valence-electron chi connectivity index (χ2n) is 8.06. The van der Waals surface area contributed by atoms with Crippen molar-refractivity contribution in [2.75, 3.05) is 13.1 Å². The van der Waals surface area contributed by atoms with Crippen molar-refractivity contribution in [1.82, 2.24) is 15.5 Å². The number of hydrogen-bond acceptors (Lipinski definition) is 3. The number of alkyl halides is 1. The molecule has 0 spiro atoms. The fourth-order valence-electron chi connectivity index (χ4n) is 3.67. The predicted molar refractivity (Wildman–Crippen MR) is 110 cm³/mol. The molecular weight excluding hydrogens is 407 g/mol. The summed E-state index contributed by atoms with van der Waals surface area (Å²) in [5, 5.41) is 5.76. The van der Waals surface area contributed by atoms with Crippen molar-refractivity contribution >= 4 is 6.03 Å². The Morgan fingerprint density at radius 1 is 1.13 bits per heavy atom. The molecule has 2 aromatic carbocycles. The Balaban J connectivity index is 1.43. The lowest BCUT2D eigenvalue weighted by molar-refractivity contribution is 0.0964. The van der Waals surface area contributed by atoms with Crippen LogP contribution in [0.4, 0.5) is 18.0 Å². The lowest BCUT2D eigenvalue weighted by Crippen LogP contribution is -2.55. The molecule has 0 aromatic heterocycles. The van der Waals surface area contributed by atoms with Gasteiger partial charge in [0.1, 0.15) is 23.6 Å². The zero-order valence-corrected chi connectivity index (χ0v) is 17.1. The van der Waals surface area contributed by atoms with E-state index in [9.17, 15) is 18.0 Å². The average Bonchev–Trinajstić information content (AvgIpc) is 3.57. The van der Waals surface area contributed by atoms with Crippen molar-refractivity contribution in [3.05, 3.63) is 65.2 Å². The second-order valence-corrected chi connectivity index (χ2v) is 8.06. The smallest absolute Gasteiger partial charge is 0.318 e. The summed E-state index contributed by atoms with van der Waals surface area (Å²) < 4.78 is 47.8. The fourth-order valence-corrected chi connectivity index (χ4v) is 3.67. The minimum Gasteiger partial charge on any atom is -0.490 e. The Morgan fingerprint density at radius 2 is 1.90 bits per heavy atom. The highest BCUT2D eigenvalue weighted by molar-refractivity contribution is 5.74. The number of ether oxygens (including phenoxy) is 1. The van der Waals surface area contributed by atoms with Gasteiger partial charge in [0.2, 0.25) is 0 Å². The van der Waals surface area contributed by atoms with Crippen LogP contribution in [0.15, 0.2) is 42.5 Å². The van der Waals surface area contributed by atoms with Gasteiger partial charge in [-0.15, -0.1) is 0 Å². The van der Waals surface area contributed by atoms with Gasteiger partial charge in [0.25, 0.3) is 0 Å². The SMILES string of the molecule is O=C(NCc1ccc(OC2CC2)cc1)N(Cc1ccc(F)cc1F)[C@H]1CCNC[C@H]1F. The van der Waals surface area contributed by atoms with Crippen LogP contribution >= 0.6 is 0 Å². The molecule has 2 aliphatic rings. The first-order valence-electron chi connectivity index (χ1n) is 10.6. The van der Waals surface area contributed by atoms with E-state index in [1.54, 1.807) is 0 Å².